The Hall–Kier alpha value is -9.36. The summed E-state index contributed by atoms with van der Waals surface area (Å²) in [4.78, 5) is 0. The third-order valence-corrected chi connectivity index (χ3v) is 19.7. The summed E-state index contributed by atoms with van der Waals surface area (Å²) in [6, 6.07) is 98.3. The van der Waals surface area contributed by atoms with Crippen molar-refractivity contribution in [3.05, 3.63) is 381 Å². The Kier molecular flexibility index (Phi) is 11.3. The topological polar surface area (TPSA) is 0 Å². The predicted molar refractivity (Wildman–Crippen MR) is 341 cm³/mol. The van der Waals surface area contributed by atoms with E-state index in [0.717, 1.165) is 19.3 Å². The second-order valence-corrected chi connectivity index (χ2v) is 23.6. The Balaban J connectivity index is 1.07. The molecule has 10 aromatic carbocycles. The summed E-state index contributed by atoms with van der Waals surface area (Å²) in [5, 5.41) is 0. The second kappa shape index (κ2) is 19.1. The summed E-state index contributed by atoms with van der Waals surface area (Å²) in [7, 11) is 0. The fraction of sp³-hybridized carbons (Fsp3) is 0.122. The van der Waals surface area contributed by atoms with Crippen molar-refractivity contribution in [2.75, 3.05) is 0 Å². The molecule has 0 radical (unpaired) electrons. The summed E-state index contributed by atoms with van der Waals surface area (Å²) in [6.07, 6.45) is 22.5. The predicted octanol–water partition coefficient (Wildman–Crippen LogP) is 20.0. The van der Waals surface area contributed by atoms with Gasteiger partial charge < -0.3 is 0 Å². The van der Waals surface area contributed by atoms with Crippen LogP contribution in [-0.4, -0.2) is 0 Å². The molecule has 6 unspecified atom stereocenters. The van der Waals surface area contributed by atoms with Gasteiger partial charge in [-0.2, -0.15) is 0 Å². The van der Waals surface area contributed by atoms with E-state index in [9.17, 15) is 0 Å². The molecule has 0 N–H and O–H groups in total. The zero-order chi connectivity index (χ0) is 54.4. The number of fused-ring (bicyclic) bond motifs is 7. The number of allylic oxidation sites excluding steroid dienone is 12. The van der Waals surface area contributed by atoms with Crippen LogP contribution in [-0.2, 0) is 16.2 Å². The third kappa shape index (κ3) is 6.97. The number of rotatable bonds is 9. The molecular weight excluding hydrogens is 985 g/mol. The molecule has 6 atom stereocenters. The number of benzene rings is 10. The van der Waals surface area contributed by atoms with Gasteiger partial charge in [-0.1, -0.05) is 310 Å². The molecule has 0 fully saturated rings. The Morgan fingerprint density at radius 2 is 0.854 bits per heavy atom. The summed E-state index contributed by atoms with van der Waals surface area (Å²) < 4.78 is 0. The lowest BCUT2D eigenvalue weighted by Gasteiger charge is -2.44. The zero-order valence-electron chi connectivity index (χ0n) is 46.2. The van der Waals surface area contributed by atoms with Crippen molar-refractivity contribution in [1.29, 1.82) is 0 Å². The molecule has 0 saturated heterocycles. The van der Waals surface area contributed by atoms with Crippen molar-refractivity contribution >= 4 is 11.1 Å². The molecule has 6 aliphatic rings. The molecule has 0 nitrogen and oxygen atoms in total. The van der Waals surface area contributed by atoms with Crippen molar-refractivity contribution in [3.63, 3.8) is 0 Å². The van der Waals surface area contributed by atoms with E-state index in [-0.39, 0.29) is 17.8 Å². The lowest BCUT2D eigenvalue weighted by Crippen LogP contribution is -2.38. The number of hydrogen-bond donors (Lipinski definition) is 0. The Bertz CT molecular complexity index is 4340. The van der Waals surface area contributed by atoms with E-state index in [1.54, 1.807) is 0 Å². The molecule has 82 heavy (non-hydrogen) atoms. The first-order chi connectivity index (χ1) is 40.6. The van der Waals surface area contributed by atoms with Crippen LogP contribution >= 0.6 is 0 Å². The highest BCUT2D eigenvalue weighted by Gasteiger charge is 2.57. The summed E-state index contributed by atoms with van der Waals surface area (Å²) in [5.41, 5.74) is 27.1. The maximum atomic E-state index is 2.72. The van der Waals surface area contributed by atoms with E-state index in [2.05, 4.69) is 310 Å². The van der Waals surface area contributed by atoms with E-state index in [4.69, 9.17) is 0 Å². The van der Waals surface area contributed by atoms with Crippen LogP contribution in [0.15, 0.2) is 315 Å². The third-order valence-electron chi connectivity index (χ3n) is 19.7. The Labute approximate surface area is 483 Å². The largest absolute Gasteiger partial charge is 0.0839 e. The molecule has 0 heterocycles. The minimum atomic E-state index is -0.674. The first-order valence-corrected chi connectivity index (χ1v) is 29.7. The highest BCUT2D eigenvalue weighted by molar-refractivity contribution is 5.93. The smallest absolute Gasteiger partial charge is 0.0710 e. The molecule has 0 bridgehead atoms. The van der Waals surface area contributed by atoms with Gasteiger partial charge in [0.15, 0.2) is 0 Å². The molecule has 0 aliphatic heterocycles. The van der Waals surface area contributed by atoms with Gasteiger partial charge in [-0.25, -0.2) is 0 Å². The molecular formula is C82H62. The molecule has 390 valence electrons. The highest BCUT2D eigenvalue weighted by atomic mass is 14.6. The van der Waals surface area contributed by atoms with Crippen LogP contribution in [0.2, 0.25) is 0 Å². The van der Waals surface area contributed by atoms with E-state index in [0.29, 0.717) is 0 Å². The molecule has 0 saturated carbocycles. The van der Waals surface area contributed by atoms with Gasteiger partial charge >= 0.3 is 0 Å². The molecule has 10 aromatic rings. The molecule has 0 heteroatoms. The maximum absolute atomic E-state index is 2.72. The van der Waals surface area contributed by atoms with Gasteiger partial charge in [-0.05, 0) is 148 Å². The Morgan fingerprint density at radius 1 is 0.378 bits per heavy atom. The van der Waals surface area contributed by atoms with Gasteiger partial charge in [-0.3, -0.25) is 0 Å². The van der Waals surface area contributed by atoms with Crippen LogP contribution in [0.4, 0.5) is 0 Å². The van der Waals surface area contributed by atoms with Gasteiger partial charge in [0.1, 0.15) is 0 Å². The lowest BCUT2D eigenvalue weighted by molar-refractivity contribution is 0.455. The minimum absolute atomic E-state index is 0.0881. The molecule has 0 amide bonds. The highest BCUT2D eigenvalue weighted by Crippen LogP contribution is 2.65. The van der Waals surface area contributed by atoms with Crippen molar-refractivity contribution in [1.82, 2.24) is 0 Å². The quantitative estimate of drug-likeness (QED) is 0.135. The van der Waals surface area contributed by atoms with Crippen molar-refractivity contribution < 1.29 is 0 Å². The van der Waals surface area contributed by atoms with Crippen LogP contribution in [0.1, 0.15) is 98.9 Å². The van der Waals surface area contributed by atoms with Crippen molar-refractivity contribution in [2.45, 2.75) is 48.3 Å². The SMILES string of the molecule is CC1CC=CC2=C1C(c1ccc(-c3ccccc3)cc1)(c1cc(C3(c4ccc(-c5ccccc5)cc4)C4=C(CCC=C4)c4ccccc43)cc(C3(c4ccc(-c5ccccc5)cc4)c4ccccc4C4C=CC=CC43)c1)c1ccccc12. The van der Waals surface area contributed by atoms with Gasteiger partial charge in [0.2, 0.25) is 0 Å². The summed E-state index contributed by atoms with van der Waals surface area (Å²) >= 11 is 0. The fourth-order valence-corrected chi connectivity index (χ4v) is 16.4. The standard InChI is InChI=1S/C82H62/c1-55-22-21-34-73-72-33-15-20-39-78(72)82(79(55)73,64-50-44-61(45-51-64)58-27-9-4-10-28-58)67-53-65(80(62-46-40-59(41-47-62)56-23-5-2-6-24-56)74-35-16-11-29-68(74)69-30-12-17-36-75(69)80)52-66(54-67)81(63-48-42-60(43-49-63)57-25-7-3-8-26-57)76-37-18-13-31-70(76)71-32-14-19-38-77(71)81/h2-13,15-21,23-31,33-55,68,74H,14,22,32H2,1H3. The van der Waals surface area contributed by atoms with Gasteiger partial charge in [0.05, 0.1) is 16.2 Å². The molecule has 0 aromatic heterocycles. The normalized spacial score (nSPS) is 23.3. The van der Waals surface area contributed by atoms with Crippen LogP contribution < -0.4 is 0 Å². The second-order valence-electron chi connectivity index (χ2n) is 23.6. The zero-order valence-corrected chi connectivity index (χ0v) is 46.2. The van der Waals surface area contributed by atoms with E-state index < -0.39 is 16.2 Å². The van der Waals surface area contributed by atoms with Gasteiger partial charge in [-0.15, -0.1) is 0 Å². The van der Waals surface area contributed by atoms with Crippen LogP contribution in [0.5, 0.6) is 0 Å². The van der Waals surface area contributed by atoms with E-state index in [1.807, 2.05) is 0 Å². The first kappa shape index (κ1) is 48.5. The summed E-state index contributed by atoms with van der Waals surface area (Å²) in [5.74, 6) is 0.525. The first-order valence-electron chi connectivity index (χ1n) is 29.7. The number of hydrogen-bond acceptors (Lipinski definition) is 0. The van der Waals surface area contributed by atoms with E-state index >= 15 is 0 Å². The van der Waals surface area contributed by atoms with Crippen LogP contribution in [0.25, 0.3) is 44.5 Å². The molecule has 16 rings (SSSR count). The van der Waals surface area contributed by atoms with Crippen LogP contribution in [0, 0.1) is 11.8 Å². The van der Waals surface area contributed by atoms with Gasteiger partial charge in [0, 0.05) is 11.8 Å². The van der Waals surface area contributed by atoms with Gasteiger partial charge in [0.25, 0.3) is 0 Å². The fourth-order valence-electron chi connectivity index (χ4n) is 16.4. The Morgan fingerprint density at radius 3 is 1.48 bits per heavy atom. The van der Waals surface area contributed by atoms with E-state index in [1.165, 1.54) is 122 Å². The average molecular weight is 1050 g/mol. The monoisotopic (exact) mass is 1050 g/mol. The molecule has 0 spiro atoms. The van der Waals surface area contributed by atoms with Crippen molar-refractivity contribution in [2.24, 2.45) is 11.8 Å². The molecule has 6 aliphatic carbocycles. The lowest BCUT2D eigenvalue weighted by atomic mass is 9.57. The van der Waals surface area contributed by atoms with Crippen molar-refractivity contribution in [3.8, 4) is 33.4 Å². The minimum Gasteiger partial charge on any atom is -0.0839 e. The average Bonchev–Trinajstić information content (AvgIpc) is 3.55. The van der Waals surface area contributed by atoms with Crippen LogP contribution in [0.3, 0.4) is 0 Å². The maximum Gasteiger partial charge on any atom is 0.0710 e. The summed E-state index contributed by atoms with van der Waals surface area (Å²) in [6.45, 7) is 2.49.